The Labute approximate surface area is 126 Å². The van der Waals surface area contributed by atoms with Crippen LogP contribution in [0.4, 0.5) is 0 Å². The van der Waals surface area contributed by atoms with Gasteiger partial charge >= 0.3 is 0 Å². The zero-order valence-electron chi connectivity index (χ0n) is 11.5. The molecule has 0 unspecified atom stereocenters. The van der Waals surface area contributed by atoms with Crippen LogP contribution in [0.5, 0.6) is 0 Å². The summed E-state index contributed by atoms with van der Waals surface area (Å²) in [6, 6.07) is 0. The minimum Gasteiger partial charge on any atom is -0.444 e. The summed E-state index contributed by atoms with van der Waals surface area (Å²) < 4.78 is 5.47. The standard InChI is InChI=1S/C12H22N4O.HI/c1-5-7-14-12(13-6-2)15-8-11-16-9(3)10(4)17-11;/h5-8H2,1-4H3,(H2,13,14,15);1H. The molecule has 0 fully saturated rings. The van der Waals surface area contributed by atoms with Gasteiger partial charge in [-0.05, 0) is 27.2 Å². The van der Waals surface area contributed by atoms with Crippen LogP contribution in [0, 0.1) is 13.8 Å². The Bertz CT molecular complexity index is 357. The normalized spacial score (nSPS) is 11.0. The first-order chi connectivity index (χ1) is 8.17. The SMILES string of the molecule is CCCNC(=NCc1nc(C)c(C)o1)NCC.I. The number of aliphatic imine (C=N–C) groups is 1. The number of oxazole rings is 1. The summed E-state index contributed by atoms with van der Waals surface area (Å²) >= 11 is 0. The molecular weight excluding hydrogens is 343 g/mol. The summed E-state index contributed by atoms with van der Waals surface area (Å²) in [6.45, 7) is 10.2. The monoisotopic (exact) mass is 366 g/mol. The van der Waals surface area contributed by atoms with Gasteiger partial charge in [-0.2, -0.15) is 0 Å². The molecule has 0 aliphatic carbocycles. The van der Waals surface area contributed by atoms with Crippen LogP contribution < -0.4 is 10.6 Å². The lowest BCUT2D eigenvalue weighted by Gasteiger charge is -2.09. The van der Waals surface area contributed by atoms with Gasteiger partial charge in [-0.3, -0.25) is 0 Å². The molecular formula is C12H23IN4O. The first kappa shape index (κ1) is 17.2. The van der Waals surface area contributed by atoms with Gasteiger partial charge in [-0.1, -0.05) is 6.92 Å². The van der Waals surface area contributed by atoms with E-state index < -0.39 is 0 Å². The van der Waals surface area contributed by atoms with Gasteiger partial charge in [0.1, 0.15) is 12.3 Å². The highest BCUT2D eigenvalue weighted by Crippen LogP contribution is 2.08. The van der Waals surface area contributed by atoms with Crippen LogP contribution in [0.15, 0.2) is 9.41 Å². The first-order valence-electron chi connectivity index (χ1n) is 6.12. The number of aryl methyl sites for hydroxylation is 2. The van der Waals surface area contributed by atoms with E-state index in [0.717, 1.165) is 36.9 Å². The Morgan fingerprint density at radius 2 is 2.00 bits per heavy atom. The quantitative estimate of drug-likeness (QED) is 0.477. The Balaban J connectivity index is 0.00000289. The van der Waals surface area contributed by atoms with E-state index in [9.17, 15) is 0 Å². The van der Waals surface area contributed by atoms with Gasteiger partial charge in [0.25, 0.3) is 0 Å². The number of hydrogen-bond donors (Lipinski definition) is 2. The third kappa shape index (κ3) is 5.70. The molecule has 1 aromatic rings. The fourth-order valence-electron chi connectivity index (χ4n) is 1.34. The van der Waals surface area contributed by atoms with Crippen molar-refractivity contribution in [1.29, 1.82) is 0 Å². The molecule has 2 N–H and O–H groups in total. The molecule has 1 heterocycles. The number of nitrogens with one attached hydrogen (secondary N) is 2. The van der Waals surface area contributed by atoms with E-state index in [4.69, 9.17) is 4.42 Å². The summed E-state index contributed by atoms with van der Waals surface area (Å²) in [4.78, 5) is 8.71. The van der Waals surface area contributed by atoms with Crippen molar-refractivity contribution < 1.29 is 4.42 Å². The van der Waals surface area contributed by atoms with E-state index >= 15 is 0 Å². The number of rotatable bonds is 5. The Morgan fingerprint density at radius 3 is 2.50 bits per heavy atom. The highest BCUT2D eigenvalue weighted by molar-refractivity contribution is 14.0. The number of nitrogens with zero attached hydrogens (tertiary/aromatic N) is 2. The highest BCUT2D eigenvalue weighted by Gasteiger charge is 2.04. The molecule has 18 heavy (non-hydrogen) atoms. The maximum atomic E-state index is 5.47. The Kier molecular flexibility index (Phi) is 8.78. The third-order valence-corrected chi connectivity index (χ3v) is 2.33. The molecule has 0 amide bonds. The summed E-state index contributed by atoms with van der Waals surface area (Å²) in [5, 5.41) is 6.41. The minimum absolute atomic E-state index is 0. The summed E-state index contributed by atoms with van der Waals surface area (Å²) in [6.07, 6.45) is 1.07. The number of aromatic nitrogens is 1. The zero-order valence-corrected chi connectivity index (χ0v) is 13.9. The van der Waals surface area contributed by atoms with Gasteiger partial charge < -0.3 is 15.1 Å². The van der Waals surface area contributed by atoms with E-state index in [1.54, 1.807) is 0 Å². The molecule has 0 saturated carbocycles. The van der Waals surface area contributed by atoms with E-state index in [2.05, 4.69) is 27.5 Å². The predicted octanol–water partition coefficient (Wildman–Crippen LogP) is 2.37. The van der Waals surface area contributed by atoms with Crippen molar-refractivity contribution in [3.8, 4) is 0 Å². The van der Waals surface area contributed by atoms with Crippen molar-refractivity contribution in [2.24, 2.45) is 4.99 Å². The Hall–Kier alpha value is -0.790. The van der Waals surface area contributed by atoms with Gasteiger partial charge in [0.15, 0.2) is 5.96 Å². The van der Waals surface area contributed by atoms with Crippen LogP contribution >= 0.6 is 24.0 Å². The molecule has 0 bridgehead atoms. The fourth-order valence-corrected chi connectivity index (χ4v) is 1.34. The van der Waals surface area contributed by atoms with Crippen molar-refractivity contribution in [1.82, 2.24) is 15.6 Å². The average Bonchev–Trinajstić information content (AvgIpc) is 2.62. The van der Waals surface area contributed by atoms with Gasteiger partial charge in [0, 0.05) is 13.1 Å². The predicted molar refractivity (Wildman–Crippen MR) is 84.5 cm³/mol. The van der Waals surface area contributed by atoms with E-state index in [0.29, 0.717) is 12.4 Å². The molecule has 0 spiro atoms. The molecule has 0 saturated heterocycles. The number of guanidine groups is 1. The fraction of sp³-hybridized carbons (Fsp3) is 0.667. The second kappa shape index (κ2) is 9.18. The lowest BCUT2D eigenvalue weighted by molar-refractivity contribution is 0.473. The molecule has 0 aliphatic heterocycles. The highest BCUT2D eigenvalue weighted by atomic mass is 127. The number of hydrogen-bond acceptors (Lipinski definition) is 3. The number of halogens is 1. The van der Waals surface area contributed by atoms with Crippen molar-refractivity contribution in [3.63, 3.8) is 0 Å². The second-order valence-corrected chi connectivity index (χ2v) is 3.87. The molecule has 0 atom stereocenters. The van der Waals surface area contributed by atoms with Crippen molar-refractivity contribution in [3.05, 3.63) is 17.3 Å². The lowest BCUT2D eigenvalue weighted by atomic mass is 10.4. The molecule has 104 valence electrons. The van der Waals surface area contributed by atoms with E-state index in [1.165, 1.54) is 0 Å². The van der Waals surface area contributed by atoms with Gasteiger partial charge in [0.05, 0.1) is 5.69 Å². The second-order valence-electron chi connectivity index (χ2n) is 3.87. The van der Waals surface area contributed by atoms with Crippen LogP contribution in [0.25, 0.3) is 0 Å². The zero-order chi connectivity index (χ0) is 12.7. The molecule has 5 nitrogen and oxygen atoms in total. The summed E-state index contributed by atoms with van der Waals surface area (Å²) in [7, 11) is 0. The van der Waals surface area contributed by atoms with Gasteiger partial charge in [-0.15, -0.1) is 24.0 Å². The molecule has 0 aromatic carbocycles. The van der Waals surface area contributed by atoms with Crippen LogP contribution in [-0.4, -0.2) is 24.0 Å². The smallest absolute Gasteiger partial charge is 0.216 e. The molecule has 1 rings (SSSR count). The van der Waals surface area contributed by atoms with Crippen LogP contribution in [0.3, 0.4) is 0 Å². The molecule has 0 aliphatic rings. The van der Waals surface area contributed by atoms with Crippen molar-refractivity contribution >= 4 is 29.9 Å². The maximum absolute atomic E-state index is 5.47. The minimum atomic E-state index is 0. The first-order valence-corrected chi connectivity index (χ1v) is 6.12. The van der Waals surface area contributed by atoms with Crippen LogP contribution in [0.1, 0.15) is 37.6 Å². The molecule has 0 radical (unpaired) electrons. The largest absolute Gasteiger partial charge is 0.444 e. The average molecular weight is 366 g/mol. The lowest BCUT2D eigenvalue weighted by Crippen LogP contribution is -2.37. The molecule has 6 heteroatoms. The van der Waals surface area contributed by atoms with E-state index in [1.807, 2.05) is 20.8 Å². The van der Waals surface area contributed by atoms with Crippen molar-refractivity contribution in [2.45, 2.75) is 40.7 Å². The maximum Gasteiger partial charge on any atom is 0.216 e. The van der Waals surface area contributed by atoms with Crippen LogP contribution in [0.2, 0.25) is 0 Å². The van der Waals surface area contributed by atoms with E-state index in [-0.39, 0.29) is 24.0 Å². The third-order valence-electron chi connectivity index (χ3n) is 2.33. The van der Waals surface area contributed by atoms with Crippen molar-refractivity contribution in [2.75, 3.05) is 13.1 Å². The van der Waals surface area contributed by atoms with Crippen LogP contribution in [-0.2, 0) is 6.54 Å². The summed E-state index contributed by atoms with van der Waals surface area (Å²) in [5.41, 5.74) is 0.932. The topological polar surface area (TPSA) is 62.5 Å². The molecule has 1 aromatic heterocycles. The van der Waals surface area contributed by atoms with Gasteiger partial charge in [0.2, 0.25) is 5.89 Å². The Morgan fingerprint density at radius 1 is 1.28 bits per heavy atom. The summed E-state index contributed by atoms with van der Waals surface area (Å²) in [5.74, 6) is 2.33. The van der Waals surface area contributed by atoms with Gasteiger partial charge in [-0.25, -0.2) is 9.98 Å².